The molecule has 0 N–H and O–H groups in total. The van der Waals surface area contributed by atoms with Gasteiger partial charge in [-0.2, -0.15) is 0 Å². The first-order chi connectivity index (χ1) is 7.61. The standard InChI is InChI=1S/C14H20O2/c1-5-12(15)14(16-6-2)13-10(3)8-7-9-11(13)4/h7-9,14H,5-6H2,1-4H3. The van der Waals surface area contributed by atoms with Crippen molar-refractivity contribution in [3.8, 4) is 0 Å². The van der Waals surface area contributed by atoms with Crippen molar-refractivity contribution in [3.05, 3.63) is 34.9 Å². The average molecular weight is 220 g/mol. The monoisotopic (exact) mass is 220 g/mol. The zero-order valence-electron chi connectivity index (χ0n) is 10.5. The van der Waals surface area contributed by atoms with Gasteiger partial charge in [-0.15, -0.1) is 0 Å². The van der Waals surface area contributed by atoms with Crippen molar-refractivity contribution in [2.75, 3.05) is 6.61 Å². The molecule has 0 fully saturated rings. The molecule has 1 atom stereocenters. The number of carbonyl (C=O) groups is 1. The molecule has 0 aliphatic heterocycles. The number of hydrogen-bond acceptors (Lipinski definition) is 2. The predicted octanol–water partition coefficient (Wildman–Crippen LogP) is 3.36. The quantitative estimate of drug-likeness (QED) is 0.760. The number of hydrogen-bond donors (Lipinski definition) is 0. The lowest BCUT2D eigenvalue weighted by atomic mass is 9.94. The van der Waals surface area contributed by atoms with E-state index in [0.29, 0.717) is 13.0 Å². The Morgan fingerprint density at radius 2 is 1.81 bits per heavy atom. The molecule has 1 rings (SSSR count). The van der Waals surface area contributed by atoms with Crippen LogP contribution in [-0.2, 0) is 9.53 Å². The second-order valence-corrected chi connectivity index (χ2v) is 3.96. The fraction of sp³-hybridized carbons (Fsp3) is 0.500. The van der Waals surface area contributed by atoms with Gasteiger partial charge < -0.3 is 4.74 Å². The summed E-state index contributed by atoms with van der Waals surface area (Å²) in [6, 6.07) is 6.06. The normalized spacial score (nSPS) is 12.5. The highest BCUT2D eigenvalue weighted by Gasteiger charge is 2.22. The molecule has 0 aliphatic carbocycles. The molecule has 0 bridgehead atoms. The summed E-state index contributed by atoms with van der Waals surface area (Å²) in [4.78, 5) is 11.9. The highest BCUT2D eigenvalue weighted by molar-refractivity contribution is 5.84. The maximum atomic E-state index is 11.9. The van der Waals surface area contributed by atoms with Gasteiger partial charge in [0.15, 0.2) is 5.78 Å². The largest absolute Gasteiger partial charge is 0.366 e. The minimum atomic E-state index is -0.392. The minimum absolute atomic E-state index is 0.152. The molecule has 0 saturated carbocycles. The second-order valence-electron chi connectivity index (χ2n) is 3.96. The van der Waals surface area contributed by atoms with Crippen LogP contribution < -0.4 is 0 Å². The van der Waals surface area contributed by atoms with Crippen LogP contribution in [0.3, 0.4) is 0 Å². The van der Waals surface area contributed by atoms with Gasteiger partial charge in [-0.1, -0.05) is 25.1 Å². The van der Waals surface area contributed by atoms with Gasteiger partial charge in [-0.3, -0.25) is 4.79 Å². The highest BCUT2D eigenvalue weighted by atomic mass is 16.5. The maximum absolute atomic E-state index is 11.9. The predicted molar refractivity (Wildman–Crippen MR) is 65.6 cm³/mol. The molecule has 0 saturated heterocycles. The molecule has 88 valence electrons. The number of rotatable bonds is 5. The molecule has 2 heteroatoms. The van der Waals surface area contributed by atoms with Gasteiger partial charge >= 0.3 is 0 Å². The summed E-state index contributed by atoms with van der Waals surface area (Å²) >= 11 is 0. The smallest absolute Gasteiger partial charge is 0.165 e. The third-order valence-corrected chi connectivity index (χ3v) is 2.78. The van der Waals surface area contributed by atoms with Gasteiger partial charge in [0.2, 0.25) is 0 Å². The summed E-state index contributed by atoms with van der Waals surface area (Å²) < 4.78 is 5.59. The molecule has 1 aromatic rings. The minimum Gasteiger partial charge on any atom is -0.366 e. The molecular weight excluding hydrogens is 200 g/mol. The molecule has 0 aromatic heterocycles. The van der Waals surface area contributed by atoms with Crippen LogP contribution in [-0.4, -0.2) is 12.4 Å². The second kappa shape index (κ2) is 5.80. The van der Waals surface area contributed by atoms with Crippen LogP contribution in [0.15, 0.2) is 18.2 Å². The van der Waals surface area contributed by atoms with Crippen LogP contribution in [0.4, 0.5) is 0 Å². The number of carbonyl (C=O) groups excluding carboxylic acids is 1. The molecule has 1 aromatic carbocycles. The van der Waals surface area contributed by atoms with Crippen LogP contribution in [0.2, 0.25) is 0 Å². The molecule has 0 aliphatic rings. The van der Waals surface area contributed by atoms with E-state index in [1.165, 1.54) is 0 Å². The molecule has 1 unspecified atom stereocenters. The lowest BCUT2D eigenvalue weighted by Crippen LogP contribution is -2.17. The Morgan fingerprint density at radius 1 is 1.25 bits per heavy atom. The van der Waals surface area contributed by atoms with Crippen LogP contribution in [0.5, 0.6) is 0 Å². The van der Waals surface area contributed by atoms with Gasteiger partial charge in [-0.25, -0.2) is 0 Å². The number of benzene rings is 1. The zero-order valence-corrected chi connectivity index (χ0v) is 10.5. The summed E-state index contributed by atoms with van der Waals surface area (Å²) in [6.45, 7) is 8.41. The van der Waals surface area contributed by atoms with Crippen molar-refractivity contribution in [1.82, 2.24) is 0 Å². The summed E-state index contributed by atoms with van der Waals surface area (Å²) in [5, 5.41) is 0. The summed E-state index contributed by atoms with van der Waals surface area (Å²) in [5.41, 5.74) is 3.29. The third-order valence-electron chi connectivity index (χ3n) is 2.78. The Balaban J connectivity index is 3.15. The van der Waals surface area contributed by atoms with E-state index in [-0.39, 0.29) is 5.78 Å². The van der Waals surface area contributed by atoms with Gasteiger partial charge in [0, 0.05) is 13.0 Å². The lowest BCUT2D eigenvalue weighted by molar-refractivity contribution is -0.130. The van der Waals surface area contributed by atoms with E-state index in [9.17, 15) is 4.79 Å². The van der Waals surface area contributed by atoms with Crippen molar-refractivity contribution in [2.24, 2.45) is 0 Å². The van der Waals surface area contributed by atoms with Gasteiger partial charge in [0.1, 0.15) is 6.10 Å². The van der Waals surface area contributed by atoms with Gasteiger partial charge in [-0.05, 0) is 37.5 Å². The molecular formula is C14H20O2. The van der Waals surface area contributed by atoms with Crippen LogP contribution in [0.25, 0.3) is 0 Å². The Bertz CT molecular complexity index is 349. The van der Waals surface area contributed by atoms with Gasteiger partial charge in [0.05, 0.1) is 0 Å². The average Bonchev–Trinajstić information content (AvgIpc) is 2.26. The molecule has 16 heavy (non-hydrogen) atoms. The Kier molecular flexibility index (Phi) is 4.69. The van der Waals surface area contributed by atoms with Crippen molar-refractivity contribution < 1.29 is 9.53 Å². The third kappa shape index (κ3) is 2.70. The number of aryl methyl sites for hydroxylation is 2. The molecule has 0 spiro atoms. The number of ether oxygens (including phenoxy) is 1. The van der Waals surface area contributed by atoms with Crippen molar-refractivity contribution in [2.45, 2.75) is 40.2 Å². The topological polar surface area (TPSA) is 26.3 Å². The maximum Gasteiger partial charge on any atom is 0.165 e. The van der Waals surface area contributed by atoms with Crippen LogP contribution in [0, 0.1) is 13.8 Å². The Labute approximate surface area is 97.6 Å². The van der Waals surface area contributed by atoms with E-state index >= 15 is 0 Å². The number of Topliss-reactive ketones (excluding diaryl/α,β-unsaturated/α-hetero) is 1. The van der Waals surface area contributed by atoms with E-state index in [1.807, 2.05) is 45.9 Å². The van der Waals surface area contributed by atoms with Crippen molar-refractivity contribution >= 4 is 5.78 Å². The first kappa shape index (κ1) is 12.9. The summed E-state index contributed by atoms with van der Waals surface area (Å²) in [7, 11) is 0. The van der Waals surface area contributed by atoms with Gasteiger partial charge in [0.25, 0.3) is 0 Å². The first-order valence-electron chi connectivity index (χ1n) is 5.82. The SMILES string of the molecule is CCOC(C(=O)CC)c1c(C)cccc1C. The van der Waals surface area contributed by atoms with E-state index in [4.69, 9.17) is 4.74 Å². The van der Waals surface area contributed by atoms with E-state index in [2.05, 4.69) is 0 Å². The van der Waals surface area contributed by atoms with E-state index in [1.54, 1.807) is 0 Å². The molecule has 0 heterocycles. The summed E-state index contributed by atoms with van der Waals surface area (Å²) in [6.07, 6.45) is 0.120. The fourth-order valence-corrected chi connectivity index (χ4v) is 1.93. The van der Waals surface area contributed by atoms with E-state index < -0.39 is 6.10 Å². The molecule has 0 radical (unpaired) electrons. The van der Waals surface area contributed by atoms with Crippen LogP contribution in [0.1, 0.15) is 43.1 Å². The Morgan fingerprint density at radius 3 is 2.25 bits per heavy atom. The van der Waals surface area contributed by atoms with Crippen molar-refractivity contribution in [3.63, 3.8) is 0 Å². The van der Waals surface area contributed by atoms with Crippen LogP contribution >= 0.6 is 0 Å². The molecule has 0 amide bonds. The lowest BCUT2D eigenvalue weighted by Gasteiger charge is -2.19. The first-order valence-corrected chi connectivity index (χ1v) is 5.82. The number of ketones is 1. The fourth-order valence-electron chi connectivity index (χ4n) is 1.93. The van der Waals surface area contributed by atoms with E-state index in [0.717, 1.165) is 16.7 Å². The summed E-state index contributed by atoms with van der Waals surface area (Å²) in [5.74, 6) is 0.152. The Hall–Kier alpha value is -1.15. The van der Waals surface area contributed by atoms with Crippen molar-refractivity contribution in [1.29, 1.82) is 0 Å². The zero-order chi connectivity index (χ0) is 12.1. The highest BCUT2D eigenvalue weighted by Crippen LogP contribution is 2.26. The molecule has 2 nitrogen and oxygen atoms in total.